The van der Waals surface area contributed by atoms with Crippen molar-refractivity contribution in [3.05, 3.63) is 63.6 Å². The van der Waals surface area contributed by atoms with Gasteiger partial charge in [-0.1, -0.05) is 53.0 Å². The van der Waals surface area contributed by atoms with Gasteiger partial charge in [-0.2, -0.15) is 0 Å². The Morgan fingerprint density at radius 1 is 1.14 bits per heavy atom. The maximum Gasteiger partial charge on any atom is 0.242 e. The van der Waals surface area contributed by atoms with E-state index in [1.807, 2.05) is 36.4 Å². The molecule has 0 saturated carbocycles. The quantitative estimate of drug-likeness (QED) is 0.347. The number of thioether (sulfide) groups is 1. The van der Waals surface area contributed by atoms with Crippen LogP contribution >= 0.6 is 39.3 Å². The Balaban J connectivity index is 2.08. The average molecular weight is 498 g/mol. The number of carbonyl (C=O) groups excluding carboxylic acids is 2. The van der Waals surface area contributed by atoms with Crippen LogP contribution in [-0.4, -0.2) is 35.1 Å². The summed E-state index contributed by atoms with van der Waals surface area (Å²) in [6.07, 6.45) is 1.93. The summed E-state index contributed by atoms with van der Waals surface area (Å²) in [6.45, 7) is 4.87. The van der Waals surface area contributed by atoms with E-state index in [4.69, 9.17) is 11.6 Å². The Labute approximate surface area is 190 Å². The third-order valence-electron chi connectivity index (χ3n) is 4.44. The van der Waals surface area contributed by atoms with Gasteiger partial charge >= 0.3 is 0 Å². The minimum absolute atomic E-state index is 0.0778. The third kappa shape index (κ3) is 8.03. The van der Waals surface area contributed by atoms with E-state index in [-0.39, 0.29) is 17.6 Å². The number of rotatable bonds is 10. The van der Waals surface area contributed by atoms with Crippen molar-refractivity contribution in [2.75, 3.05) is 12.3 Å². The van der Waals surface area contributed by atoms with Crippen LogP contribution in [0.3, 0.4) is 0 Å². The van der Waals surface area contributed by atoms with E-state index in [1.165, 1.54) is 11.8 Å². The molecule has 2 aromatic rings. The van der Waals surface area contributed by atoms with Gasteiger partial charge in [-0.15, -0.1) is 11.8 Å². The normalized spacial score (nSPS) is 11.7. The second kappa shape index (κ2) is 12.3. The second-order valence-electron chi connectivity index (χ2n) is 6.71. The van der Waals surface area contributed by atoms with Crippen LogP contribution in [0.25, 0.3) is 0 Å². The number of carbonyl (C=O) groups is 2. The summed E-state index contributed by atoms with van der Waals surface area (Å²) in [5.41, 5.74) is 0.978. The first-order valence-corrected chi connectivity index (χ1v) is 11.8. The number of amides is 2. The molecule has 0 heterocycles. The molecule has 4 nitrogen and oxygen atoms in total. The first-order valence-electron chi connectivity index (χ1n) is 9.60. The van der Waals surface area contributed by atoms with Crippen LogP contribution in [0.5, 0.6) is 0 Å². The van der Waals surface area contributed by atoms with Crippen LogP contribution in [0.1, 0.15) is 32.3 Å². The fourth-order valence-electron chi connectivity index (χ4n) is 2.66. The lowest BCUT2D eigenvalue weighted by molar-refractivity contribution is -0.138. The monoisotopic (exact) mass is 496 g/mol. The van der Waals surface area contributed by atoms with Crippen LogP contribution < -0.4 is 5.32 Å². The van der Waals surface area contributed by atoms with Gasteiger partial charge in [0.2, 0.25) is 11.8 Å². The molecule has 0 aliphatic carbocycles. The Morgan fingerprint density at radius 3 is 2.41 bits per heavy atom. The standard InChI is InChI=1S/C22H26BrClN2O2S/c1-3-4-13-25-22(28)16(2)26(14-17-5-7-18(23)8-6-17)21(27)15-29-20-11-9-19(24)10-12-20/h5-12,16H,3-4,13-15H2,1-2H3,(H,25,28)/t16-/m0/s1. The van der Waals surface area contributed by atoms with Gasteiger partial charge in [-0.3, -0.25) is 9.59 Å². The molecule has 0 spiro atoms. The largest absolute Gasteiger partial charge is 0.354 e. The van der Waals surface area contributed by atoms with E-state index in [0.717, 1.165) is 27.8 Å². The highest BCUT2D eigenvalue weighted by atomic mass is 79.9. The molecule has 1 atom stereocenters. The van der Waals surface area contributed by atoms with Crippen molar-refractivity contribution in [3.63, 3.8) is 0 Å². The molecule has 0 fully saturated rings. The number of hydrogen-bond acceptors (Lipinski definition) is 3. The molecule has 0 aliphatic rings. The van der Waals surface area contributed by atoms with E-state index in [0.29, 0.717) is 18.1 Å². The zero-order chi connectivity index (χ0) is 21.2. The van der Waals surface area contributed by atoms with Gasteiger partial charge in [0.1, 0.15) is 6.04 Å². The Hall–Kier alpha value is -1.50. The predicted molar refractivity (Wildman–Crippen MR) is 124 cm³/mol. The molecular weight excluding hydrogens is 472 g/mol. The molecule has 7 heteroatoms. The van der Waals surface area contributed by atoms with E-state index in [9.17, 15) is 9.59 Å². The van der Waals surface area contributed by atoms with Crippen molar-refractivity contribution in [3.8, 4) is 0 Å². The van der Waals surface area contributed by atoms with Crippen molar-refractivity contribution in [1.82, 2.24) is 10.2 Å². The van der Waals surface area contributed by atoms with Crippen LogP contribution in [0.2, 0.25) is 5.02 Å². The van der Waals surface area contributed by atoms with Crippen LogP contribution in [-0.2, 0) is 16.1 Å². The number of halogens is 2. The molecule has 156 valence electrons. The summed E-state index contributed by atoms with van der Waals surface area (Å²) in [5, 5.41) is 3.59. The van der Waals surface area contributed by atoms with Gasteiger partial charge < -0.3 is 10.2 Å². The highest BCUT2D eigenvalue weighted by Gasteiger charge is 2.26. The smallest absolute Gasteiger partial charge is 0.242 e. The van der Waals surface area contributed by atoms with Gasteiger partial charge in [-0.05, 0) is 55.3 Å². The Bertz CT molecular complexity index is 799. The summed E-state index contributed by atoms with van der Waals surface area (Å²) in [4.78, 5) is 28.2. The summed E-state index contributed by atoms with van der Waals surface area (Å²) >= 11 is 10.8. The lowest BCUT2D eigenvalue weighted by Gasteiger charge is -2.29. The number of nitrogens with one attached hydrogen (secondary N) is 1. The Kier molecular flexibility index (Phi) is 10.0. The number of benzene rings is 2. The maximum absolute atomic E-state index is 13.0. The van der Waals surface area contributed by atoms with Gasteiger partial charge in [0.25, 0.3) is 0 Å². The Morgan fingerprint density at radius 2 is 1.79 bits per heavy atom. The molecule has 2 aromatic carbocycles. The molecule has 0 bridgehead atoms. The summed E-state index contributed by atoms with van der Waals surface area (Å²) < 4.78 is 0.975. The zero-order valence-corrected chi connectivity index (χ0v) is 19.8. The fraction of sp³-hybridized carbons (Fsp3) is 0.364. The van der Waals surface area contributed by atoms with Gasteiger partial charge in [0, 0.05) is 27.5 Å². The average Bonchev–Trinajstić information content (AvgIpc) is 2.72. The summed E-state index contributed by atoms with van der Waals surface area (Å²) in [6, 6.07) is 14.6. The number of hydrogen-bond donors (Lipinski definition) is 1. The molecule has 0 aromatic heterocycles. The first-order chi connectivity index (χ1) is 13.9. The minimum atomic E-state index is -0.547. The lowest BCUT2D eigenvalue weighted by Crippen LogP contribution is -2.48. The van der Waals surface area contributed by atoms with Crippen molar-refractivity contribution < 1.29 is 9.59 Å². The van der Waals surface area contributed by atoms with Crippen molar-refractivity contribution >= 4 is 51.1 Å². The maximum atomic E-state index is 13.0. The van der Waals surface area contributed by atoms with Crippen molar-refractivity contribution in [1.29, 1.82) is 0 Å². The van der Waals surface area contributed by atoms with Gasteiger partial charge in [-0.25, -0.2) is 0 Å². The van der Waals surface area contributed by atoms with Gasteiger partial charge in [0.15, 0.2) is 0 Å². The lowest BCUT2D eigenvalue weighted by atomic mass is 10.1. The van der Waals surface area contributed by atoms with E-state index in [2.05, 4.69) is 28.2 Å². The molecule has 0 aliphatic heterocycles. The highest BCUT2D eigenvalue weighted by Crippen LogP contribution is 2.22. The van der Waals surface area contributed by atoms with Crippen molar-refractivity contribution in [2.24, 2.45) is 0 Å². The SMILES string of the molecule is CCCCNC(=O)[C@H](C)N(Cc1ccc(Br)cc1)C(=O)CSc1ccc(Cl)cc1. The second-order valence-corrected chi connectivity index (χ2v) is 9.11. The zero-order valence-electron chi connectivity index (χ0n) is 16.7. The van der Waals surface area contributed by atoms with Gasteiger partial charge in [0.05, 0.1) is 5.75 Å². The molecule has 0 unspecified atom stereocenters. The fourth-order valence-corrected chi connectivity index (χ4v) is 3.84. The molecular formula is C22H26BrClN2O2S. The van der Waals surface area contributed by atoms with Crippen molar-refractivity contribution in [2.45, 2.75) is 44.2 Å². The van der Waals surface area contributed by atoms with Crippen LogP contribution in [0, 0.1) is 0 Å². The summed E-state index contributed by atoms with van der Waals surface area (Å²) in [7, 11) is 0. The van der Waals surface area contributed by atoms with E-state index in [1.54, 1.807) is 24.0 Å². The number of nitrogens with zero attached hydrogens (tertiary/aromatic N) is 1. The molecule has 0 radical (unpaired) electrons. The molecule has 2 rings (SSSR count). The first kappa shape index (κ1) is 23.8. The predicted octanol–water partition coefficient (Wildman–Crippen LogP) is 5.53. The number of unbranched alkanes of at least 4 members (excludes halogenated alkanes) is 1. The highest BCUT2D eigenvalue weighted by molar-refractivity contribution is 9.10. The minimum Gasteiger partial charge on any atom is -0.354 e. The third-order valence-corrected chi connectivity index (χ3v) is 6.22. The van der Waals surface area contributed by atoms with Crippen LogP contribution in [0.4, 0.5) is 0 Å². The molecule has 0 saturated heterocycles. The van der Waals surface area contributed by atoms with Crippen LogP contribution in [0.15, 0.2) is 57.9 Å². The molecule has 2 amide bonds. The molecule has 1 N–H and O–H groups in total. The van der Waals surface area contributed by atoms with E-state index < -0.39 is 6.04 Å². The topological polar surface area (TPSA) is 49.4 Å². The summed E-state index contributed by atoms with van der Waals surface area (Å²) in [5.74, 6) is 0.0523. The van der Waals surface area contributed by atoms with E-state index >= 15 is 0 Å². The molecule has 29 heavy (non-hydrogen) atoms.